The second kappa shape index (κ2) is 6.07. The SMILES string of the molecule is CCCN(C1CCNCC1)S(=O)(=O)c1ccn(C)c1. The topological polar surface area (TPSA) is 54.3 Å². The van der Waals surface area contributed by atoms with E-state index >= 15 is 0 Å². The highest BCUT2D eigenvalue weighted by Gasteiger charge is 2.31. The van der Waals surface area contributed by atoms with Crippen LogP contribution in [0.4, 0.5) is 0 Å². The minimum absolute atomic E-state index is 0.131. The number of nitrogens with one attached hydrogen (secondary N) is 1. The quantitative estimate of drug-likeness (QED) is 0.884. The van der Waals surface area contributed by atoms with Crippen molar-refractivity contribution in [3.05, 3.63) is 18.5 Å². The van der Waals surface area contributed by atoms with Gasteiger partial charge in [-0.2, -0.15) is 4.31 Å². The summed E-state index contributed by atoms with van der Waals surface area (Å²) >= 11 is 0. The van der Waals surface area contributed by atoms with Crippen molar-refractivity contribution in [1.82, 2.24) is 14.2 Å². The Balaban J connectivity index is 2.26. The summed E-state index contributed by atoms with van der Waals surface area (Å²) in [6.45, 7) is 4.42. The van der Waals surface area contributed by atoms with Gasteiger partial charge in [-0.3, -0.25) is 0 Å². The Morgan fingerprint density at radius 2 is 2.11 bits per heavy atom. The molecule has 1 aliphatic heterocycles. The highest BCUT2D eigenvalue weighted by Crippen LogP contribution is 2.22. The lowest BCUT2D eigenvalue weighted by molar-refractivity contribution is 0.262. The second-order valence-electron chi connectivity index (χ2n) is 5.11. The van der Waals surface area contributed by atoms with Crippen LogP contribution >= 0.6 is 0 Å². The normalized spacial score (nSPS) is 18.1. The Labute approximate surface area is 115 Å². The molecule has 1 aliphatic rings. The fraction of sp³-hybridized carbons (Fsp3) is 0.692. The molecule has 0 bridgehead atoms. The minimum atomic E-state index is -3.36. The fourth-order valence-electron chi connectivity index (χ4n) is 2.58. The largest absolute Gasteiger partial charge is 0.356 e. The number of hydrogen-bond donors (Lipinski definition) is 1. The molecule has 108 valence electrons. The average molecular weight is 285 g/mol. The lowest BCUT2D eigenvalue weighted by atomic mass is 10.1. The molecular weight excluding hydrogens is 262 g/mol. The van der Waals surface area contributed by atoms with Crippen molar-refractivity contribution in [2.24, 2.45) is 7.05 Å². The maximum absolute atomic E-state index is 12.7. The maximum Gasteiger partial charge on any atom is 0.244 e. The Morgan fingerprint density at radius 3 is 2.63 bits per heavy atom. The van der Waals surface area contributed by atoms with E-state index in [1.54, 1.807) is 27.3 Å². The molecule has 6 heteroatoms. The maximum atomic E-state index is 12.7. The summed E-state index contributed by atoms with van der Waals surface area (Å²) in [4.78, 5) is 0.405. The molecule has 1 aromatic rings. The van der Waals surface area contributed by atoms with E-state index in [1.807, 2.05) is 14.0 Å². The molecule has 0 aliphatic carbocycles. The van der Waals surface area contributed by atoms with Crippen molar-refractivity contribution in [3.63, 3.8) is 0 Å². The first kappa shape index (κ1) is 14.6. The van der Waals surface area contributed by atoms with Crippen molar-refractivity contribution < 1.29 is 8.42 Å². The van der Waals surface area contributed by atoms with Crippen LogP contribution in [-0.2, 0) is 17.1 Å². The van der Waals surface area contributed by atoms with Crippen LogP contribution in [0.2, 0.25) is 0 Å². The van der Waals surface area contributed by atoms with Gasteiger partial charge in [0.1, 0.15) is 0 Å². The van der Waals surface area contributed by atoms with Gasteiger partial charge in [0.05, 0.1) is 4.90 Å². The highest BCUT2D eigenvalue weighted by molar-refractivity contribution is 7.89. The zero-order chi connectivity index (χ0) is 13.9. The van der Waals surface area contributed by atoms with E-state index in [0.29, 0.717) is 11.4 Å². The smallest absolute Gasteiger partial charge is 0.244 e. The van der Waals surface area contributed by atoms with Crippen LogP contribution in [0.5, 0.6) is 0 Å². The predicted molar refractivity (Wildman–Crippen MR) is 75.5 cm³/mol. The molecule has 2 heterocycles. The van der Waals surface area contributed by atoms with E-state index in [2.05, 4.69) is 5.32 Å². The van der Waals surface area contributed by atoms with Crippen LogP contribution in [0.1, 0.15) is 26.2 Å². The van der Waals surface area contributed by atoms with E-state index < -0.39 is 10.0 Å². The molecule has 1 saturated heterocycles. The Kier molecular flexibility index (Phi) is 4.65. The molecule has 1 fully saturated rings. The van der Waals surface area contributed by atoms with E-state index in [1.165, 1.54) is 0 Å². The molecule has 0 aromatic carbocycles. The summed E-state index contributed by atoms with van der Waals surface area (Å²) in [5, 5.41) is 3.28. The number of rotatable bonds is 5. The molecule has 0 atom stereocenters. The molecule has 1 aromatic heterocycles. The Morgan fingerprint density at radius 1 is 1.42 bits per heavy atom. The molecule has 19 heavy (non-hydrogen) atoms. The zero-order valence-electron chi connectivity index (χ0n) is 11.7. The van der Waals surface area contributed by atoms with Crippen molar-refractivity contribution in [2.75, 3.05) is 19.6 Å². The number of sulfonamides is 1. The van der Waals surface area contributed by atoms with Crippen LogP contribution in [0, 0.1) is 0 Å². The molecule has 1 N–H and O–H groups in total. The summed E-state index contributed by atoms with van der Waals surface area (Å²) in [7, 11) is -1.52. The third kappa shape index (κ3) is 3.19. The summed E-state index contributed by atoms with van der Waals surface area (Å²) < 4.78 is 28.9. The highest BCUT2D eigenvalue weighted by atomic mass is 32.2. The van der Waals surface area contributed by atoms with Crippen molar-refractivity contribution >= 4 is 10.0 Å². The van der Waals surface area contributed by atoms with Gasteiger partial charge < -0.3 is 9.88 Å². The van der Waals surface area contributed by atoms with Gasteiger partial charge in [0.15, 0.2) is 0 Å². The number of aryl methyl sites for hydroxylation is 1. The molecule has 0 radical (unpaired) electrons. The van der Waals surface area contributed by atoms with Crippen molar-refractivity contribution in [1.29, 1.82) is 0 Å². The van der Waals surface area contributed by atoms with Gasteiger partial charge in [-0.1, -0.05) is 6.92 Å². The van der Waals surface area contributed by atoms with Gasteiger partial charge in [0, 0.05) is 32.0 Å². The Bertz CT molecular complexity index is 504. The first-order valence-corrected chi connectivity index (χ1v) is 8.34. The van der Waals surface area contributed by atoms with Crippen LogP contribution in [0.25, 0.3) is 0 Å². The number of nitrogens with zero attached hydrogens (tertiary/aromatic N) is 2. The molecular formula is C13H23N3O2S. The summed E-state index contributed by atoms with van der Waals surface area (Å²) in [5.41, 5.74) is 0. The molecule has 0 saturated carbocycles. The van der Waals surface area contributed by atoms with Gasteiger partial charge in [-0.15, -0.1) is 0 Å². The Hall–Kier alpha value is -0.850. The third-order valence-corrected chi connectivity index (χ3v) is 5.51. The summed E-state index contributed by atoms with van der Waals surface area (Å²) in [6, 6.07) is 1.81. The van der Waals surface area contributed by atoms with Gasteiger partial charge in [-0.25, -0.2) is 8.42 Å². The fourth-order valence-corrected chi connectivity index (χ4v) is 4.41. The molecule has 2 rings (SSSR count). The third-order valence-electron chi connectivity index (χ3n) is 3.57. The van der Waals surface area contributed by atoms with Gasteiger partial charge in [0.25, 0.3) is 0 Å². The number of piperidine rings is 1. The number of aromatic nitrogens is 1. The first-order chi connectivity index (χ1) is 9.05. The standard InChI is InChI=1S/C13H23N3O2S/c1-3-9-16(12-4-7-14-8-5-12)19(17,18)13-6-10-15(2)11-13/h6,10-12,14H,3-5,7-9H2,1-2H3. The number of hydrogen-bond acceptors (Lipinski definition) is 3. The average Bonchev–Trinajstić information content (AvgIpc) is 2.84. The lowest BCUT2D eigenvalue weighted by Gasteiger charge is -2.33. The zero-order valence-corrected chi connectivity index (χ0v) is 12.5. The molecule has 0 unspecified atom stereocenters. The van der Waals surface area contributed by atoms with Crippen LogP contribution < -0.4 is 5.32 Å². The molecule has 0 amide bonds. The van der Waals surface area contributed by atoms with Crippen LogP contribution in [0.15, 0.2) is 23.4 Å². The van der Waals surface area contributed by atoms with Gasteiger partial charge >= 0.3 is 0 Å². The van der Waals surface area contributed by atoms with Crippen molar-refractivity contribution in [3.8, 4) is 0 Å². The molecule has 0 spiro atoms. The molecule has 5 nitrogen and oxygen atoms in total. The minimum Gasteiger partial charge on any atom is -0.356 e. The second-order valence-corrected chi connectivity index (χ2v) is 7.00. The van der Waals surface area contributed by atoms with Gasteiger partial charge in [0.2, 0.25) is 10.0 Å². The predicted octanol–water partition coefficient (Wildman–Crippen LogP) is 1.18. The van der Waals surface area contributed by atoms with E-state index in [0.717, 1.165) is 32.4 Å². The van der Waals surface area contributed by atoms with E-state index in [4.69, 9.17) is 0 Å². The monoisotopic (exact) mass is 285 g/mol. The summed E-state index contributed by atoms with van der Waals surface area (Å²) in [6.07, 6.45) is 6.09. The van der Waals surface area contributed by atoms with Gasteiger partial charge in [-0.05, 0) is 38.4 Å². The van der Waals surface area contributed by atoms with E-state index in [9.17, 15) is 8.42 Å². The van der Waals surface area contributed by atoms with E-state index in [-0.39, 0.29) is 6.04 Å². The van der Waals surface area contributed by atoms with Crippen molar-refractivity contribution in [2.45, 2.75) is 37.1 Å². The first-order valence-electron chi connectivity index (χ1n) is 6.90. The summed E-state index contributed by atoms with van der Waals surface area (Å²) in [5.74, 6) is 0. The van der Waals surface area contributed by atoms with Crippen LogP contribution in [0.3, 0.4) is 0 Å². The lowest BCUT2D eigenvalue weighted by Crippen LogP contribution is -2.46. The van der Waals surface area contributed by atoms with Crippen LogP contribution in [-0.4, -0.2) is 43.0 Å².